The molecule has 0 saturated heterocycles. The Morgan fingerprint density at radius 2 is 2.00 bits per heavy atom. The number of aromatic hydroxyl groups is 1. The molecule has 0 spiro atoms. The molecule has 0 saturated carbocycles. The van der Waals surface area contributed by atoms with Gasteiger partial charge in [-0.1, -0.05) is 6.07 Å². The van der Waals surface area contributed by atoms with Crippen LogP contribution in [0.3, 0.4) is 0 Å². The predicted molar refractivity (Wildman–Crippen MR) is 76.5 cm³/mol. The highest BCUT2D eigenvalue weighted by atomic mass is 16.4. The summed E-state index contributed by atoms with van der Waals surface area (Å²) < 4.78 is 5.42. The van der Waals surface area contributed by atoms with Crippen LogP contribution in [0.1, 0.15) is 10.4 Å². The molecule has 1 heterocycles. The quantitative estimate of drug-likeness (QED) is 0.694. The molecule has 0 bridgehead atoms. The highest BCUT2D eigenvalue weighted by Crippen LogP contribution is 2.35. The summed E-state index contributed by atoms with van der Waals surface area (Å²) in [6, 6.07) is 9.36. The number of hydrogen-bond acceptors (Lipinski definition) is 3. The second-order valence-electron chi connectivity index (χ2n) is 4.48. The first-order valence-corrected chi connectivity index (χ1v) is 6.05. The Morgan fingerprint density at radius 1 is 1.19 bits per heavy atom. The van der Waals surface area contributed by atoms with Gasteiger partial charge in [-0.2, -0.15) is 0 Å². The third-order valence-electron chi connectivity index (χ3n) is 3.20. The molecular weight excluding hydrogens is 270 g/mol. The lowest BCUT2D eigenvalue weighted by Gasteiger charge is -2.06. The molecule has 0 radical (unpaired) electrons. The molecule has 0 atom stereocenters. The minimum absolute atomic E-state index is 0.171. The summed E-state index contributed by atoms with van der Waals surface area (Å²) in [6.07, 6.45) is 1.52. The Morgan fingerprint density at radius 3 is 2.67 bits per heavy atom. The van der Waals surface area contributed by atoms with E-state index in [0.29, 0.717) is 22.4 Å². The summed E-state index contributed by atoms with van der Waals surface area (Å²) in [5.74, 6) is -1.52. The number of fused-ring (bicyclic) bond motifs is 1. The fraction of sp³-hybridized carbons (Fsp3) is 0. The lowest BCUT2D eigenvalue weighted by molar-refractivity contribution is 0.0694. The van der Waals surface area contributed by atoms with E-state index in [9.17, 15) is 9.90 Å². The normalized spacial score (nSPS) is 10.4. The van der Waals surface area contributed by atoms with Crippen LogP contribution >= 0.6 is 0 Å². The van der Waals surface area contributed by atoms with Crippen molar-refractivity contribution in [2.75, 3.05) is 0 Å². The zero-order valence-corrected chi connectivity index (χ0v) is 10.7. The predicted octanol–water partition coefficient (Wildman–Crippen LogP) is 4.05. The molecule has 102 valence electrons. The van der Waals surface area contributed by atoms with Crippen molar-refractivity contribution in [3.05, 3.63) is 59.6 Å². The molecule has 0 aliphatic heterocycles. The number of phenols is 1. The molecule has 1 aromatic heterocycles. The second-order valence-corrected chi connectivity index (χ2v) is 4.48. The lowest BCUT2D eigenvalue weighted by Crippen LogP contribution is -1.96. The molecule has 21 heavy (non-hydrogen) atoms. The molecule has 0 aliphatic rings. The van der Waals surface area contributed by atoms with Crippen LogP contribution in [0.2, 0.25) is 0 Å². The zero-order chi connectivity index (χ0) is 15.0. The van der Waals surface area contributed by atoms with Crippen molar-refractivity contribution in [2.24, 2.45) is 0 Å². The molecule has 3 aromatic rings. The maximum absolute atomic E-state index is 10.9. The topological polar surface area (TPSA) is 75.0 Å². The Bertz CT molecular complexity index is 902. The average Bonchev–Trinajstić information content (AvgIpc) is 2.93. The Hall–Kier alpha value is -3.26. The van der Waals surface area contributed by atoms with Crippen molar-refractivity contribution in [3.63, 3.8) is 0 Å². The third-order valence-corrected chi connectivity index (χ3v) is 3.20. The molecule has 0 fully saturated rings. The molecule has 5 nitrogen and oxygen atoms in total. The minimum atomic E-state index is -1.20. The van der Waals surface area contributed by atoms with Crippen LogP contribution in [-0.4, -0.2) is 16.2 Å². The van der Waals surface area contributed by atoms with Gasteiger partial charge in [-0.3, -0.25) is 0 Å². The van der Waals surface area contributed by atoms with Crippen molar-refractivity contribution in [2.45, 2.75) is 0 Å². The SMILES string of the molecule is [C-]#[N+]c1cc(-c2ccc(C(=O)O)c(O)c2)c2occc2c1. The van der Waals surface area contributed by atoms with Gasteiger partial charge in [-0.05, 0) is 35.9 Å². The van der Waals surface area contributed by atoms with Gasteiger partial charge in [0, 0.05) is 10.9 Å². The molecular formula is C16H9NO4. The maximum Gasteiger partial charge on any atom is 0.339 e. The first kappa shape index (κ1) is 12.8. The summed E-state index contributed by atoms with van der Waals surface area (Å²) in [7, 11) is 0. The summed E-state index contributed by atoms with van der Waals surface area (Å²) in [5, 5.41) is 19.5. The molecule has 0 aliphatic carbocycles. The van der Waals surface area contributed by atoms with Gasteiger partial charge in [-0.25, -0.2) is 9.64 Å². The number of carboxylic acids is 1. The van der Waals surface area contributed by atoms with Crippen molar-refractivity contribution in [1.29, 1.82) is 0 Å². The van der Waals surface area contributed by atoms with E-state index in [2.05, 4.69) is 4.85 Å². The van der Waals surface area contributed by atoms with E-state index in [1.54, 1.807) is 24.3 Å². The number of benzene rings is 2. The van der Waals surface area contributed by atoms with Gasteiger partial charge in [0.25, 0.3) is 0 Å². The monoisotopic (exact) mass is 279 g/mol. The smallest absolute Gasteiger partial charge is 0.339 e. The fourth-order valence-electron chi connectivity index (χ4n) is 2.23. The van der Waals surface area contributed by atoms with E-state index in [1.165, 1.54) is 18.4 Å². The summed E-state index contributed by atoms with van der Waals surface area (Å²) in [4.78, 5) is 14.3. The van der Waals surface area contributed by atoms with E-state index in [4.69, 9.17) is 16.1 Å². The number of nitrogens with zero attached hydrogens (tertiary/aromatic N) is 1. The highest BCUT2D eigenvalue weighted by molar-refractivity contribution is 5.97. The van der Waals surface area contributed by atoms with Crippen LogP contribution in [0, 0.1) is 6.57 Å². The van der Waals surface area contributed by atoms with E-state index >= 15 is 0 Å². The Kier molecular flexibility index (Phi) is 2.85. The standard InChI is InChI=1S/C16H9NO4/c1-17-11-6-10-4-5-21-15(10)13(8-11)9-2-3-12(16(19)20)14(18)7-9/h2-8,18H,(H,19,20). The van der Waals surface area contributed by atoms with Crippen LogP contribution in [-0.2, 0) is 0 Å². The van der Waals surface area contributed by atoms with E-state index in [0.717, 1.165) is 5.39 Å². The van der Waals surface area contributed by atoms with E-state index < -0.39 is 5.97 Å². The Labute approximate surface area is 119 Å². The van der Waals surface area contributed by atoms with Crippen molar-refractivity contribution < 1.29 is 19.4 Å². The minimum Gasteiger partial charge on any atom is -0.507 e. The summed E-state index contributed by atoms with van der Waals surface area (Å²) in [6.45, 7) is 7.13. The number of aromatic carboxylic acids is 1. The highest BCUT2D eigenvalue weighted by Gasteiger charge is 2.14. The molecule has 5 heteroatoms. The Balaban J connectivity index is 2.25. The molecule has 2 N–H and O–H groups in total. The van der Waals surface area contributed by atoms with Gasteiger partial charge in [0.05, 0.1) is 12.8 Å². The third kappa shape index (κ3) is 2.09. The van der Waals surface area contributed by atoms with E-state index in [-0.39, 0.29) is 11.3 Å². The fourth-order valence-corrected chi connectivity index (χ4v) is 2.23. The van der Waals surface area contributed by atoms with Crippen LogP contribution < -0.4 is 0 Å². The van der Waals surface area contributed by atoms with Gasteiger partial charge in [-0.15, -0.1) is 0 Å². The number of hydrogen-bond donors (Lipinski definition) is 2. The average molecular weight is 279 g/mol. The van der Waals surface area contributed by atoms with Crippen molar-refractivity contribution in [3.8, 4) is 16.9 Å². The van der Waals surface area contributed by atoms with Gasteiger partial charge in [0.15, 0.2) is 5.69 Å². The molecule has 0 amide bonds. The van der Waals surface area contributed by atoms with E-state index in [1.807, 2.05) is 0 Å². The summed E-state index contributed by atoms with van der Waals surface area (Å²) in [5.41, 5.74) is 2.08. The molecule has 2 aromatic carbocycles. The number of carbonyl (C=O) groups is 1. The lowest BCUT2D eigenvalue weighted by atomic mass is 10.0. The number of carboxylic acid groups (broad SMARTS) is 1. The van der Waals surface area contributed by atoms with Gasteiger partial charge >= 0.3 is 5.97 Å². The van der Waals surface area contributed by atoms with Crippen molar-refractivity contribution >= 4 is 22.6 Å². The van der Waals surface area contributed by atoms with Crippen LogP contribution in [0.5, 0.6) is 5.75 Å². The van der Waals surface area contributed by atoms with Crippen molar-refractivity contribution in [1.82, 2.24) is 0 Å². The first-order chi connectivity index (χ1) is 10.1. The zero-order valence-electron chi connectivity index (χ0n) is 10.7. The molecule has 3 rings (SSSR count). The van der Waals surface area contributed by atoms with Gasteiger partial charge in [0.1, 0.15) is 16.9 Å². The van der Waals surface area contributed by atoms with Gasteiger partial charge < -0.3 is 14.6 Å². The number of furan rings is 1. The largest absolute Gasteiger partial charge is 0.507 e. The first-order valence-electron chi connectivity index (χ1n) is 6.05. The van der Waals surface area contributed by atoms with Crippen LogP contribution in [0.4, 0.5) is 5.69 Å². The molecule has 0 unspecified atom stereocenters. The summed E-state index contributed by atoms with van der Waals surface area (Å²) >= 11 is 0. The van der Waals surface area contributed by atoms with Crippen LogP contribution in [0.25, 0.3) is 26.9 Å². The van der Waals surface area contributed by atoms with Gasteiger partial charge in [0.2, 0.25) is 0 Å². The second kappa shape index (κ2) is 4.69. The van der Waals surface area contributed by atoms with Crippen LogP contribution in [0.15, 0.2) is 47.1 Å². The maximum atomic E-state index is 10.9. The number of rotatable bonds is 2.